The van der Waals surface area contributed by atoms with Gasteiger partial charge in [-0.25, -0.2) is 4.39 Å². The second kappa shape index (κ2) is 5.41. The highest BCUT2D eigenvalue weighted by Crippen LogP contribution is 2.50. The summed E-state index contributed by atoms with van der Waals surface area (Å²) in [5.41, 5.74) is 0.934. The molecule has 2 aliphatic rings. The Morgan fingerprint density at radius 2 is 2.21 bits per heavy atom. The molecule has 2 bridgehead atoms. The highest BCUT2D eigenvalue weighted by molar-refractivity contribution is 6.31. The van der Waals surface area contributed by atoms with Gasteiger partial charge >= 0.3 is 0 Å². The first kappa shape index (κ1) is 13.4. The minimum absolute atomic E-state index is 0.297. The van der Waals surface area contributed by atoms with Crippen LogP contribution < -0.4 is 5.32 Å². The summed E-state index contributed by atoms with van der Waals surface area (Å²) >= 11 is 6.08. The molecular weight excluding hydrogens is 261 g/mol. The summed E-state index contributed by atoms with van der Waals surface area (Å²) < 4.78 is 13.5. The van der Waals surface area contributed by atoms with E-state index in [2.05, 4.69) is 5.32 Å². The molecule has 0 aromatic heterocycles. The third-order valence-electron chi connectivity index (χ3n) is 5.15. The summed E-state index contributed by atoms with van der Waals surface area (Å²) in [7, 11) is 2.02. The number of hydrogen-bond acceptors (Lipinski definition) is 1. The molecule has 3 rings (SSSR count). The summed E-state index contributed by atoms with van der Waals surface area (Å²) in [5, 5.41) is 3.74. The maximum Gasteiger partial charge on any atom is 0.142 e. The average Bonchev–Trinajstić information content (AvgIpc) is 3.03. The number of likely N-dealkylation sites (N-methyl/N-ethyl adjacent to an activating group) is 1. The zero-order chi connectivity index (χ0) is 13.4. The SMILES string of the molecule is CNC(Cc1cccc(F)c1Cl)C1CC2CCC1C2. The molecule has 0 amide bonds. The number of nitrogens with one attached hydrogen (secondary N) is 1. The lowest BCUT2D eigenvalue weighted by atomic mass is 9.81. The van der Waals surface area contributed by atoms with Crippen molar-refractivity contribution in [1.82, 2.24) is 5.32 Å². The van der Waals surface area contributed by atoms with Gasteiger partial charge in [0.15, 0.2) is 0 Å². The maximum atomic E-state index is 13.5. The molecule has 0 saturated heterocycles. The summed E-state index contributed by atoms with van der Waals surface area (Å²) in [6.07, 6.45) is 6.37. The van der Waals surface area contributed by atoms with E-state index in [0.717, 1.165) is 29.7 Å². The van der Waals surface area contributed by atoms with Gasteiger partial charge in [0.1, 0.15) is 5.82 Å². The standard InChI is InChI=1S/C16H21ClFN/c1-19-15(13-8-10-5-6-11(13)7-10)9-12-3-2-4-14(18)16(12)17/h2-4,10-11,13,15,19H,5-9H2,1H3. The lowest BCUT2D eigenvalue weighted by Crippen LogP contribution is -2.38. The van der Waals surface area contributed by atoms with Gasteiger partial charge in [-0.15, -0.1) is 0 Å². The normalized spacial score (nSPS) is 30.8. The fraction of sp³-hybridized carbons (Fsp3) is 0.625. The molecule has 0 spiro atoms. The number of hydrogen-bond donors (Lipinski definition) is 1. The summed E-state index contributed by atoms with van der Waals surface area (Å²) in [6.45, 7) is 0. The number of benzene rings is 1. The molecule has 4 unspecified atom stereocenters. The molecule has 1 N–H and O–H groups in total. The van der Waals surface area contributed by atoms with Crippen LogP contribution in [0, 0.1) is 23.6 Å². The zero-order valence-corrected chi connectivity index (χ0v) is 12.1. The molecule has 1 aromatic rings. The van der Waals surface area contributed by atoms with Crippen LogP contribution >= 0.6 is 11.6 Å². The topological polar surface area (TPSA) is 12.0 Å². The lowest BCUT2D eigenvalue weighted by Gasteiger charge is -2.30. The van der Waals surface area contributed by atoms with Gasteiger partial charge in [-0.1, -0.05) is 30.2 Å². The van der Waals surface area contributed by atoms with Crippen molar-refractivity contribution in [2.75, 3.05) is 7.05 Å². The Labute approximate surface area is 119 Å². The van der Waals surface area contributed by atoms with Crippen molar-refractivity contribution < 1.29 is 4.39 Å². The van der Waals surface area contributed by atoms with Gasteiger partial charge in [-0.05, 0) is 62.1 Å². The molecule has 2 saturated carbocycles. The van der Waals surface area contributed by atoms with Gasteiger partial charge in [-0.3, -0.25) is 0 Å². The fourth-order valence-electron chi connectivity index (χ4n) is 4.20. The Morgan fingerprint density at radius 3 is 2.84 bits per heavy atom. The van der Waals surface area contributed by atoms with Crippen LogP contribution in [0.5, 0.6) is 0 Å². The Hall–Kier alpha value is -0.600. The third-order valence-corrected chi connectivity index (χ3v) is 5.58. The summed E-state index contributed by atoms with van der Waals surface area (Å²) in [4.78, 5) is 0. The van der Waals surface area contributed by atoms with Crippen molar-refractivity contribution in [3.8, 4) is 0 Å². The van der Waals surface area contributed by atoms with E-state index in [1.165, 1.54) is 31.7 Å². The van der Waals surface area contributed by atoms with Crippen LogP contribution in [0.15, 0.2) is 18.2 Å². The van der Waals surface area contributed by atoms with E-state index in [9.17, 15) is 4.39 Å². The van der Waals surface area contributed by atoms with E-state index in [4.69, 9.17) is 11.6 Å². The molecule has 1 aromatic carbocycles. The molecule has 1 nitrogen and oxygen atoms in total. The van der Waals surface area contributed by atoms with Crippen LogP contribution in [0.4, 0.5) is 4.39 Å². The second-order valence-corrected chi connectivity index (χ2v) is 6.53. The van der Waals surface area contributed by atoms with E-state index in [0.29, 0.717) is 11.1 Å². The summed E-state index contributed by atoms with van der Waals surface area (Å²) in [5.74, 6) is 2.24. The number of halogens is 2. The van der Waals surface area contributed by atoms with Crippen molar-refractivity contribution in [2.24, 2.45) is 17.8 Å². The Balaban J connectivity index is 1.75. The molecule has 3 heteroatoms. The molecule has 0 heterocycles. The Kier molecular flexibility index (Phi) is 3.81. The van der Waals surface area contributed by atoms with Crippen molar-refractivity contribution in [1.29, 1.82) is 0 Å². The number of fused-ring (bicyclic) bond motifs is 2. The minimum atomic E-state index is -0.304. The van der Waals surface area contributed by atoms with Gasteiger partial charge < -0.3 is 5.32 Å². The molecule has 2 fully saturated rings. The predicted molar refractivity (Wildman–Crippen MR) is 76.9 cm³/mol. The van der Waals surface area contributed by atoms with Crippen LogP contribution in [0.1, 0.15) is 31.2 Å². The molecule has 4 atom stereocenters. The fourth-order valence-corrected chi connectivity index (χ4v) is 4.40. The lowest BCUT2D eigenvalue weighted by molar-refractivity contribution is 0.255. The first-order chi connectivity index (χ1) is 9.19. The average molecular weight is 282 g/mol. The van der Waals surface area contributed by atoms with Crippen LogP contribution in [0.3, 0.4) is 0 Å². The maximum absolute atomic E-state index is 13.5. The quantitative estimate of drug-likeness (QED) is 0.878. The third kappa shape index (κ3) is 2.53. The highest BCUT2D eigenvalue weighted by Gasteiger charge is 2.42. The van der Waals surface area contributed by atoms with Crippen LogP contribution in [-0.2, 0) is 6.42 Å². The minimum Gasteiger partial charge on any atom is -0.316 e. The first-order valence-corrected chi connectivity index (χ1v) is 7.67. The molecule has 19 heavy (non-hydrogen) atoms. The largest absolute Gasteiger partial charge is 0.316 e. The Morgan fingerprint density at radius 1 is 1.37 bits per heavy atom. The zero-order valence-electron chi connectivity index (χ0n) is 11.3. The van der Waals surface area contributed by atoms with Crippen molar-refractivity contribution >= 4 is 11.6 Å². The Bertz CT molecular complexity index is 462. The van der Waals surface area contributed by atoms with Crippen LogP contribution in [-0.4, -0.2) is 13.1 Å². The van der Waals surface area contributed by atoms with Gasteiger partial charge in [0.25, 0.3) is 0 Å². The number of rotatable bonds is 4. The van der Waals surface area contributed by atoms with Gasteiger partial charge in [0.2, 0.25) is 0 Å². The van der Waals surface area contributed by atoms with E-state index < -0.39 is 0 Å². The van der Waals surface area contributed by atoms with E-state index in [1.807, 2.05) is 13.1 Å². The van der Waals surface area contributed by atoms with Crippen LogP contribution in [0.2, 0.25) is 5.02 Å². The molecule has 104 valence electrons. The predicted octanol–water partition coefficient (Wildman–Crippen LogP) is 4.05. The molecule has 0 radical (unpaired) electrons. The van der Waals surface area contributed by atoms with Crippen molar-refractivity contribution in [2.45, 2.75) is 38.1 Å². The van der Waals surface area contributed by atoms with E-state index in [-0.39, 0.29) is 5.82 Å². The first-order valence-electron chi connectivity index (χ1n) is 7.29. The summed E-state index contributed by atoms with van der Waals surface area (Å²) in [6, 6.07) is 5.56. The van der Waals surface area contributed by atoms with Crippen LogP contribution in [0.25, 0.3) is 0 Å². The molecule has 0 aliphatic heterocycles. The van der Waals surface area contributed by atoms with Gasteiger partial charge in [-0.2, -0.15) is 0 Å². The van der Waals surface area contributed by atoms with Gasteiger partial charge in [0.05, 0.1) is 5.02 Å². The van der Waals surface area contributed by atoms with Crippen molar-refractivity contribution in [3.63, 3.8) is 0 Å². The monoisotopic (exact) mass is 281 g/mol. The van der Waals surface area contributed by atoms with Gasteiger partial charge in [0, 0.05) is 6.04 Å². The highest BCUT2D eigenvalue weighted by atomic mass is 35.5. The second-order valence-electron chi connectivity index (χ2n) is 6.15. The van der Waals surface area contributed by atoms with E-state index in [1.54, 1.807) is 6.07 Å². The van der Waals surface area contributed by atoms with E-state index >= 15 is 0 Å². The smallest absolute Gasteiger partial charge is 0.142 e. The van der Waals surface area contributed by atoms with Crippen molar-refractivity contribution in [3.05, 3.63) is 34.6 Å². The molecule has 2 aliphatic carbocycles. The molecular formula is C16H21ClFN.